The van der Waals surface area contributed by atoms with Crippen molar-refractivity contribution < 1.29 is 23.5 Å². The second kappa shape index (κ2) is 9.21. The highest BCUT2D eigenvalue weighted by molar-refractivity contribution is 5.82. The molecule has 0 aliphatic carbocycles. The molecule has 148 valence electrons. The highest BCUT2D eigenvalue weighted by Crippen LogP contribution is 2.16. The highest BCUT2D eigenvalue weighted by atomic mass is 19.1. The smallest absolute Gasteiger partial charge is 0.347 e. The van der Waals surface area contributed by atoms with E-state index in [-0.39, 0.29) is 18.3 Å². The lowest BCUT2D eigenvalue weighted by Crippen LogP contribution is -2.50. The third-order valence-electron chi connectivity index (χ3n) is 4.55. The zero-order valence-electron chi connectivity index (χ0n) is 15.7. The number of para-hydroxylation sites is 1. The number of piperazine rings is 1. The lowest BCUT2D eigenvalue weighted by molar-refractivity contribution is -0.157. The lowest BCUT2D eigenvalue weighted by atomic mass is 10.2. The molecule has 0 radical (unpaired) electrons. The molecule has 0 spiro atoms. The van der Waals surface area contributed by atoms with E-state index in [0.717, 1.165) is 18.8 Å². The quantitative estimate of drug-likeness (QED) is 0.714. The van der Waals surface area contributed by atoms with Crippen LogP contribution >= 0.6 is 0 Å². The number of esters is 1. The summed E-state index contributed by atoms with van der Waals surface area (Å²) in [6.07, 6.45) is -0.895. The Kier molecular flexibility index (Phi) is 6.47. The van der Waals surface area contributed by atoms with Crippen molar-refractivity contribution in [1.29, 1.82) is 0 Å². The fraction of sp³-hybridized carbons (Fsp3) is 0.333. The van der Waals surface area contributed by atoms with E-state index in [2.05, 4.69) is 4.90 Å². The fourth-order valence-electron chi connectivity index (χ4n) is 2.96. The number of carbonyl (C=O) groups is 2. The van der Waals surface area contributed by atoms with Crippen LogP contribution in [0.3, 0.4) is 0 Å². The molecule has 0 N–H and O–H groups in total. The Morgan fingerprint density at radius 3 is 2.29 bits per heavy atom. The normalized spacial score (nSPS) is 15.1. The van der Waals surface area contributed by atoms with Crippen LogP contribution in [-0.2, 0) is 14.3 Å². The van der Waals surface area contributed by atoms with Crippen molar-refractivity contribution in [2.45, 2.75) is 13.0 Å². The Bertz CT molecular complexity index is 790. The van der Waals surface area contributed by atoms with Crippen LogP contribution in [0.25, 0.3) is 0 Å². The minimum Gasteiger partial charge on any atom is -0.479 e. The van der Waals surface area contributed by atoms with Gasteiger partial charge >= 0.3 is 5.97 Å². The van der Waals surface area contributed by atoms with Crippen LogP contribution < -0.4 is 9.64 Å². The van der Waals surface area contributed by atoms with Gasteiger partial charge in [-0.15, -0.1) is 0 Å². The van der Waals surface area contributed by atoms with Gasteiger partial charge in [0.2, 0.25) is 0 Å². The molecule has 7 heteroatoms. The molecule has 1 aliphatic rings. The molecule has 2 aromatic rings. The molecule has 28 heavy (non-hydrogen) atoms. The second-order valence-corrected chi connectivity index (χ2v) is 6.53. The van der Waals surface area contributed by atoms with E-state index < -0.39 is 12.1 Å². The van der Waals surface area contributed by atoms with Crippen molar-refractivity contribution in [1.82, 2.24) is 4.90 Å². The van der Waals surface area contributed by atoms with Gasteiger partial charge in [-0.1, -0.05) is 18.2 Å². The number of halogens is 1. The van der Waals surface area contributed by atoms with Crippen molar-refractivity contribution in [3.8, 4) is 5.75 Å². The summed E-state index contributed by atoms with van der Waals surface area (Å²) in [5.74, 6) is -0.898. The van der Waals surface area contributed by atoms with Gasteiger partial charge in [0.25, 0.3) is 5.91 Å². The first kappa shape index (κ1) is 19.7. The molecule has 1 aliphatic heterocycles. The largest absolute Gasteiger partial charge is 0.479 e. The molecule has 0 unspecified atom stereocenters. The summed E-state index contributed by atoms with van der Waals surface area (Å²) in [6, 6.07) is 15.4. The van der Waals surface area contributed by atoms with Crippen molar-refractivity contribution >= 4 is 17.6 Å². The summed E-state index contributed by atoms with van der Waals surface area (Å²) in [5, 5.41) is 0. The number of rotatable bonds is 6. The van der Waals surface area contributed by atoms with Gasteiger partial charge in [-0.25, -0.2) is 9.18 Å². The van der Waals surface area contributed by atoms with E-state index in [1.165, 1.54) is 31.2 Å². The molecule has 2 aromatic carbocycles. The maximum Gasteiger partial charge on any atom is 0.347 e. The molecule has 1 amide bonds. The Labute approximate surface area is 163 Å². The molecule has 0 saturated carbocycles. The van der Waals surface area contributed by atoms with Gasteiger partial charge in [0, 0.05) is 31.9 Å². The number of ether oxygens (including phenoxy) is 2. The first-order valence-electron chi connectivity index (χ1n) is 9.19. The predicted octanol–water partition coefficient (Wildman–Crippen LogP) is 2.49. The van der Waals surface area contributed by atoms with Crippen LogP contribution in [0.2, 0.25) is 0 Å². The number of carbonyl (C=O) groups excluding carboxylic acids is 2. The Morgan fingerprint density at radius 1 is 1.00 bits per heavy atom. The molecule has 0 bridgehead atoms. The number of hydrogen-bond donors (Lipinski definition) is 0. The predicted molar refractivity (Wildman–Crippen MR) is 103 cm³/mol. The van der Waals surface area contributed by atoms with Gasteiger partial charge in [0.1, 0.15) is 11.6 Å². The minimum atomic E-state index is -0.895. The van der Waals surface area contributed by atoms with E-state index in [0.29, 0.717) is 18.8 Å². The van der Waals surface area contributed by atoms with Gasteiger partial charge in [0.15, 0.2) is 12.7 Å². The second-order valence-electron chi connectivity index (χ2n) is 6.53. The third kappa shape index (κ3) is 5.22. The molecule has 1 fully saturated rings. The Balaban J connectivity index is 1.41. The van der Waals surface area contributed by atoms with Crippen LogP contribution in [0.5, 0.6) is 5.75 Å². The number of hydrogen-bond acceptors (Lipinski definition) is 5. The first-order chi connectivity index (χ1) is 13.5. The molecular weight excluding hydrogens is 363 g/mol. The number of amides is 1. The summed E-state index contributed by atoms with van der Waals surface area (Å²) in [7, 11) is 0. The lowest BCUT2D eigenvalue weighted by Gasteiger charge is -2.36. The number of nitrogens with zero attached hydrogens (tertiary/aromatic N) is 2. The number of anilines is 1. The molecule has 1 atom stereocenters. The molecule has 1 saturated heterocycles. The third-order valence-corrected chi connectivity index (χ3v) is 4.55. The van der Waals surface area contributed by atoms with E-state index >= 15 is 0 Å². The van der Waals surface area contributed by atoms with E-state index in [4.69, 9.17) is 9.47 Å². The van der Waals surface area contributed by atoms with Gasteiger partial charge < -0.3 is 19.3 Å². The van der Waals surface area contributed by atoms with Gasteiger partial charge in [0.05, 0.1) is 0 Å². The summed E-state index contributed by atoms with van der Waals surface area (Å²) >= 11 is 0. The molecule has 0 aromatic heterocycles. The zero-order valence-corrected chi connectivity index (χ0v) is 15.7. The van der Waals surface area contributed by atoms with Gasteiger partial charge in [-0.3, -0.25) is 4.79 Å². The standard InChI is InChI=1S/C21H23FN2O4/c1-16(28-19-9-7-17(22)8-10-19)21(26)27-15-20(25)24-13-11-23(12-14-24)18-5-3-2-4-6-18/h2-10,16H,11-15H2,1H3/t16-/m0/s1. The highest BCUT2D eigenvalue weighted by Gasteiger charge is 2.23. The van der Waals surface area contributed by atoms with Crippen molar-refractivity contribution in [2.24, 2.45) is 0 Å². The summed E-state index contributed by atoms with van der Waals surface area (Å²) < 4.78 is 23.4. The molecule has 6 nitrogen and oxygen atoms in total. The van der Waals surface area contributed by atoms with Crippen LogP contribution in [-0.4, -0.2) is 55.7 Å². The zero-order chi connectivity index (χ0) is 19.9. The van der Waals surface area contributed by atoms with Crippen molar-refractivity contribution in [3.63, 3.8) is 0 Å². The maximum atomic E-state index is 12.9. The minimum absolute atomic E-state index is 0.227. The summed E-state index contributed by atoms with van der Waals surface area (Å²) in [4.78, 5) is 28.3. The molecule has 3 rings (SSSR count). The SMILES string of the molecule is C[C@H](Oc1ccc(F)cc1)C(=O)OCC(=O)N1CCN(c2ccccc2)CC1. The van der Waals surface area contributed by atoms with Crippen LogP contribution in [0.15, 0.2) is 54.6 Å². The summed E-state index contributed by atoms with van der Waals surface area (Å²) in [6.45, 7) is 3.82. The van der Waals surface area contributed by atoms with Crippen LogP contribution in [0, 0.1) is 5.82 Å². The molecule has 1 heterocycles. The van der Waals surface area contributed by atoms with E-state index in [9.17, 15) is 14.0 Å². The van der Waals surface area contributed by atoms with Crippen LogP contribution in [0.4, 0.5) is 10.1 Å². The summed E-state index contributed by atoms with van der Waals surface area (Å²) in [5.41, 5.74) is 1.13. The van der Waals surface area contributed by atoms with E-state index in [1.807, 2.05) is 30.3 Å². The van der Waals surface area contributed by atoms with Crippen molar-refractivity contribution in [3.05, 3.63) is 60.4 Å². The van der Waals surface area contributed by atoms with E-state index in [1.54, 1.807) is 4.90 Å². The Hall–Kier alpha value is -3.09. The van der Waals surface area contributed by atoms with Gasteiger partial charge in [-0.2, -0.15) is 0 Å². The van der Waals surface area contributed by atoms with Crippen molar-refractivity contribution in [2.75, 3.05) is 37.7 Å². The van der Waals surface area contributed by atoms with Crippen LogP contribution in [0.1, 0.15) is 6.92 Å². The fourth-order valence-corrected chi connectivity index (χ4v) is 2.96. The molecular formula is C21H23FN2O4. The monoisotopic (exact) mass is 386 g/mol. The average Bonchev–Trinajstić information content (AvgIpc) is 2.74. The first-order valence-corrected chi connectivity index (χ1v) is 9.19. The maximum absolute atomic E-state index is 12.9. The number of benzene rings is 2. The Morgan fingerprint density at radius 2 is 1.64 bits per heavy atom. The average molecular weight is 386 g/mol. The topological polar surface area (TPSA) is 59.1 Å². The van der Waals surface area contributed by atoms with Gasteiger partial charge in [-0.05, 0) is 43.3 Å².